The number of halogens is 1. The molecule has 1 saturated heterocycles. The number of aliphatic hydroxyl groups is 1. The Morgan fingerprint density at radius 2 is 2.26 bits per heavy atom. The number of aliphatic hydroxyl groups excluding tert-OH is 1. The lowest BCUT2D eigenvalue weighted by atomic mass is 9.74. The molecular weight excluding hydrogens is 301 g/mol. The molecule has 0 bridgehead atoms. The maximum absolute atomic E-state index is 14.1. The number of likely N-dealkylation sites (tertiary alicyclic amines) is 1. The van der Waals surface area contributed by atoms with Crippen LogP contribution in [-0.2, 0) is 11.3 Å². The number of carbonyl (C=O) groups is 1. The number of carboxylic acid groups (broad SMARTS) is 1. The summed E-state index contributed by atoms with van der Waals surface area (Å²) in [4.78, 5) is 13.7. The largest absolute Gasteiger partial charge is 0.496 e. The van der Waals surface area contributed by atoms with Crippen molar-refractivity contribution in [1.82, 2.24) is 4.90 Å². The highest BCUT2D eigenvalue weighted by molar-refractivity contribution is 5.76. The highest BCUT2D eigenvalue weighted by Crippen LogP contribution is 2.36. The predicted octanol–water partition coefficient (Wildman–Crippen LogP) is 2.27. The normalized spacial score (nSPS) is 25.3. The minimum atomic E-state index is -1.19. The van der Waals surface area contributed by atoms with Crippen molar-refractivity contribution >= 4 is 5.97 Å². The molecule has 5 nitrogen and oxygen atoms in total. The first-order valence-electron chi connectivity index (χ1n) is 7.89. The molecule has 1 aliphatic rings. The van der Waals surface area contributed by atoms with Crippen molar-refractivity contribution in [3.8, 4) is 5.75 Å². The van der Waals surface area contributed by atoms with Crippen LogP contribution in [0, 0.1) is 11.2 Å². The van der Waals surface area contributed by atoms with Gasteiger partial charge in [0.1, 0.15) is 17.0 Å². The average molecular weight is 325 g/mol. The SMILES string of the molecule is CCC[C@@]1(C(=O)O)CN(Cc2c(F)cccc2OC)CC[C@H]1O. The standard InChI is InChI=1S/C17H24FNO4/c1-3-8-17(16(21)22)11-19(9-7-15(17)20)10-12-13(18)5-4-6-14(12)23-2/h4-6,15,20H,3,7-11H2,1-2H3,(H,21,22)/t15-,17-/m1/s1. The van der Waals surface area contributed by atoms with Gasteiger partial charge in [0.25, 0.3) is 0 Å². The quantitative estimate of drug-likeness (QED) is 0.840. The fourth-order valence-corrected chi connectivity index (χ4v) is 3.42. The Bertz CT molecular complexity index is 566. The first kappa shape index (κ1) is 17.7. The summed E-state index contributed by atoms with van der Waals surface area (Å²) in [6.45, 7) is 2.89. The van der Waals surface area contributed by atoms with Crippen molar-refractivity contribution in [1.29, 1.82) is 0 Å². The number of hydrogen-bond acceptors (Lipinski definition) is 4. The van der Waals surface area contributed by atoms with E-state index in [1.54, 1.807) is 12.1 Å². The zero-order valence-corrected chi connectivity index (χ0v) is 13.6. The third kappa shape index (κ3) is 3.48. The second kappa shape index (κ2) is 7.27. The molecule has 1 fully saturated rings. The van der Waals surface area contributed by atoms with Crippen LogP contribution in [0.15, 0.2) is 18.2 Å². The second-order valence-corrected chi connectivity index (χ2v) is 6.15. The van der Waals surface area contributed by atoms with Crippen molar-refractivity contribution < 1.29 is 24.1 Å². The first-order chi connectivity index (χ1) is 10.9. The Balaban J connectivity index is 2.24. The molecule has 128 valence electrons. The van der Waals surface area contributed by atoms with Crippen LogP contribution in [0.4, 0.5) is 4.39 Å². The van der Waals surface area contributed by atoms with Gasteiger partial charge in [-0.05, 0) is 25.0 Å². The zero-order valence-electron chi connectivity index (χ0n) is 13.6. The van der Waals surface area contributed by atoms with Crippen molar-refractivity contribution in [2.45, 2.75) is 38.8 Å². The van der Waals surface area contributed by atoms with E-state index in [0.29, 0.717) is 37.1 Å². The van der Waals surface area contributed by atoms with Crippen LogP contribution >= 0.6 is 0 Å². The molecule has 2 atom stereocenters. The number of rotatable bonds is 6. The number of piperidine rings is 1. The van der Waals surface area contributed by atoms with E-state index in [0.717, 1.165) is 0 Å². The number of nitrogens with zero attached hydrogens (tertiary/aromatic N) is 1. The number of carboxylic acids is 1. The van der Waals surface area contributed by atoms with Crippen molar-refractivity contribution in [2.75, 3.05) is 20.2 Å². The third-order valence-electron chi connectivity index (χ3n) is 4.66. The van der Waals surface area contributed by atoms with Gasteiger partial charge in [-0.2, -0.15) is 0 Å². The maximum Gasteiger partial charge on any atom is 0.313 e. The predicted molar refractivity (Wildman–Crippen MR) is 83.8 cm³/mol. The van der Waals surface area contributed by atoms with E-state index >= 15 is 0 Å². The number of aliphatic carboxylic acids is 1. The zero-order chi connectivity index (χ0) is 17.0. The summed E-state index contributed by atoms with van der Waals surface area (Å²) >= 11 is 0. The molecular formula is C17H24FNO4. The van der Waals surface area contributed by atoms with Gasteiger partial charge in [0.05, 0.1) is 13.2 Å². The smallest absolute Gasteiger partial charge is 0.313 e. The van der Waals surface area contributed by atoms with Gasteiger partial charge >= 0.3 is 5.97 Å². The van der Waals surface area contributed by atoms with Gasteiger partial charge in [-0.1, -0.05) is 19.4 Å². The molecule has 0 aliphatic carbocycles. The van der Waals surface area contributed by atoms with Gasteiger partial charge in [-0.15, -0.1) is 0 Å². The number of hydrogen-bond donors (Lipinski definition) is 2. The lowest BCUT2D eigenvalue weighted by Crippen LogP contribution is -2.55. The molecule has 2 N–H and O–H groups in total. The van der Waals surface area contributed by atoms with Crippen LogP contribution in [0.2, 0.25) is 0 Å². The van der Waals surface area contributed by atoms with Crippen LogP contribution in [0.3, 0.4) is 0 Å². The molecule has 23 heavy (non-hydrogen) atoms. The molecule has 6 heteroatoms. The first-order valence-corrected chi connectivity index (χ1v) is 7.89. The van der Waals surface area contributed by atoms with Crippen LogP contribution in [0.1, 0.15) is 31.7 Å². The molecule has 0 radical (unpaired) electrons. The molecule has 0 saturated carbocycles. The number of benzene rings is 1. The van der Waals surface area contributed by atoms with Crippen LogP contribution < -0.4 is 4.74 Å². The van der Waals surface area contributed by atoms with E-state index in [9.17, 15) is 19.4 Å². The maximum atomic E-state index is 14.1. The van der Waals surface area contributed by atoms with Crippen molar-refractivity contribution in [2.24, 2.45) is 5.41 Å². The summed E-state index contributed by atoms with van der Waals surface area (Å²) in [5.41, 5.74) is -0.770. The van der Waals surface area contributed by atoms with Gasteiger partial charge in [0.15, 0.2) is 0 Å². The lowest BCUT2D eigenvalue weighted by molar-refractivity contribution is -0.164. The molecule has 0 unspecified atom stereocenters. The molecule has 0 amide bonds. The van der Waals surface area contributed by atoms with Crippen LogP contribution in [-0.4, -0.2) is 47.4 Å². The fourth-order valence-electron chi connectivity index (χ4n) is 3.42. The van der Waals surface area contributed by atoms with Gasteiger partial charge in [-0.25, -0.2) is 4.39 Å². The molecule has 0 spiro atoms. The Morgan fingerprint density at radius 3 is 2.87 bits per heavy atom. The molecule has 0 aromatic heterocycles. The monoisotopic (exact) mass is 325 g/mol. The fraction of sp³-hybridized carbons (Fsp3) is 0.588. The summed E-state index contributed by atoms with van der Waals surface area (Å²) in [6.07, 6.45) is 0.552. The van der Waals surface area contributed by atoms with Crippen LogP contribution in [0.25, 0.3) is 0 Å². The topological polar surface area (TPSA) is 70.0 Å². The van der Waals surface area contributed by atoms with Gasteiger partial charge in [0, 0.05) is 25.2 Å². The number of ether oxygens (including phenoxy) is 1. The molecule has 2 rings (SSSR count). The van der Waals surface area contributed by atoms with Crippen molar-refractivity contribution in [3.05, 3.63) is 29.6 Å². The number of methoxy groups -OCH3 is 1. The van der Waals surface area contributed by atoms with E-state index in [2.05, 4.69) is 0 Å². The van der Waals surface area contributed by atoms with Crippen LogP contribution in [0.5, 0.6) is 5.75 Å². The summed E-state index contributed by atoms with van der Waals surface area (Å²) in [6, 6.07) is 4.64. The minimum absolute atomic E-state index is 0.203. The van der Waals surface area contributed by atoms with Gasteiger partial charge in [-0.3, -0.25) is 9.69 Å². The average Bonchev–Trinajstić information content (AvgIpc) is 2.52. The van der Waals surface area contributed by atoms with Crippen molar-refractivity contribution in [3.63, 3.8) is 0 Å². The van der Waals surface area contributed by atoms with E-state index < -0.39 is 17.5 Å². The van der Waals surface area contributed by atoms with E-state index in [4.69, 9.17) is 4.74 Å². The summed E-state index contributed by atoms with van der Waals surface area (Å²) in [5, 5.41) is 19.9. The highest BCUT2D eigenvalue weighted by Gasteiger charge is 2.48. The Labute approximate surface area is 135 Å². The second-order valence-electron chi connectivity index (χ2n) is 6.15. The Kier molecular flexibility index (Phi) is 5.59. The Hall–Kier alpha value is -1.66. The third-order valence-corrected chi connectivity index (χ3v) is 4.66. The molecule has 1 aliphatic heterocycles. The van der Waals surface area contributed by atoms with E-state index in [1.807, 2.05) is 11.8 Å². The lowest BCUT2D eigenvalue weighted by Gasteiger charge is -2.43. The molecule has 1 aromatic rings. The summed E-state index contributed by atoms with van der Waals surface area (Å²) < 4.78 is 19.3. The van der Waals surface area contributed by atoms with E-state index in [1.165, 1.54) is 13.2 Å². The Morgan fingerprint density at radius 1 is 1.52 bits per heavy atom. The molecule has 1 aromatic carbocycles. The highest BCUT2D eigenvalue weighted by atomic mass is 19.1. The summed E-state index contributed by atoms with van der Waals surface area (Å²) in [7, 11) is 1.48. The van der Waals surface area contributed by atoms with Gasteiger partial charge < -0.3 is 14.9 Å². The minimum Gasteiger partial charge on any atom is -0.496 e. The van der Waals surface area contributed by atoms with E-state index in [-0.39, 0.29) is 18.9 Å². The summed E-state index contributed by atoms with van der Waals surface area (Å²) in [5.74, 6) is -0.906. The van der Waals surface area contributed by atoms with Gasteiger partial charge in [0.2, 0.25) is 0 Å². The molecule has 1 heterocycles.